The highest BCUT2D eigenvalue weighted by Gasteiger charge is 2.06. The maximum atomic E-state index is 11.6. The van der Waals surface area contributed by atoms with Gasteiger partial charge in [-0.3, -0.25) is 9.36 Å². The van der Waals surface area contributed by atoms with Crippen molar-refractivity contribution in [3.63, 3.8) is 0 Å². The van der Waals surface area contributed by atoms with Gasteiger partial charge >= 0.3 is 5.97 Å². The van der Waals surface area contributed by atoms with E-state index in [1.165, 1.54) is 10.6 Å². The molecule has 4 nitrogen and oxygen atoms in total. The number of rotatable bonds is 3. The first-order valence-electron chi connectivity index (χ1n) is 5.67. The van der Waals surface area contributed by atoms with E-state index in [-0.39, 0.29) is 11.5 Å². The van der Waals surface area contributed by atoms with Crippen LogP contribution in [0.3, 0.4) is 0 Å². The molecule has 0 aliphatic carbocycles. The number of pyridine rings is 1. The van der Waals surface area contributed by atoms with Crippen molar-refractivity contribution in [1.29, 1.82) is 0 Å². The van der Waals surface area contributed by atoms with Crippen molar-refractivity contribution < 1.29 is 9.53 Å². The Bertz CT molecular complexity index is 599. The van der Waals surface area contributed by atoms with Gasteiger partial charge in [0.1, 0.15) is 0 Å². The van der Waals surface area contributed by atoms with Crippen LogP contribution < -0.4 is 5.56 Å². The minimum atomic E-state index is -0.357. The average molecular weight is 243 g/mol. The van der Waals surface area contributed by atoms with Gasteiger partial charge in [0.15, 0.2) is 0 Å². The molecule has 0 saturated carbocycles. The number of esters is 1. The zero-order chi connectivity index (χ0) is 13.0. The van der Waals surface area contributed by atoms with Crippen molar-refractivity contribution in [2.45, 2.75) is 6.92 Å². The van der Waals surface area contributed by atoms with Gasteiger partial charge in [0, 0.05) is 18.0 Å². The summed E-state index contributed by atoms with van der Waals surface area (Å²) in [5.41, 5.74) is 1.08. The lowest BCUT2D eigenvalue weighted by Crippen LogP contribution is -2.15. The van der Waals surface area contributed by atoms with Gasteiger partial charge in [-0.2, -0.15) is 0 Å². The fourth-order valence-corrected chi connectivity index (χ4v) is 1.61. The molecule has 2 aromatic rings. The Morgan fingerprint density at radius 2 is 1.89 bits per heavy atom. The summed E-state index contributed by atoms with van der Waals surface area (Å²) < 4.78 is 6.40. The average Bonchev–Trinajstić information content (AvgIpc) is 2.40. The van der Waals surface area contributed by atoms with Crippen LogP contribution >= 0.6 is 0 Å². The molecule has 0 unspecified atom stereocenters. The molecule has 0 fully saturated rings. The van der Waals surface area contributed by atoms with Gasteiger partial charge in [-0.05, 0) is 37.3 Å². The van der Waals surface area contributed by atoms with E-state index in [0.717, 1.165) is 0 Å². The molecule has 1 heterocycles. The van der Waals surface area contributed by atoms with E-state index >= 15 is 0 Å². The molecular weight excluding hydrogens is 230 g/mol. The van der Waals surface area contributed by atoms with E-state index in [0.29, 0.717) is 17.9 Å². The SMILES string of the molecule is CCOC(=O)c1ccc(-n2ccccc2=O)cc1. The Kier molecular flexibility index (Phi) is 3.57. The normalized spacial score (nSPS) is 10.1. The molecule has 0 amide bonds. The molecule has 0 spiro atoms. The second kappa shape index (κ2) is 5.31. The monoisotopic (exact) mass is 243 g/mol. The lowest BCUT2D eigenvalue weighted by atomic mass is 10.2. The number of nitrogens with zero attached hydrogens (tertiary/aromatic N) is 1. The third kappa shape index (κ3) is 2.48. The van der Waals surface area contributed by atoms with Crippen molar-refractivity contribution >= 4 is 5.97 Å². The maximum Gasteiger partial charge on any atom is 0.338 e. The zero-order valence-electron chi connectivity index (χ0n) is 10.00. The predicted molar refractivity (Wildman–Crippen MR) is 68.0 cm³/mol. The summed E-state index contributed by atoms with van der Waals surface area (Å²) in [6.07, 6.45) is 1.68. The summed E-state index contributed by atoms with van der Waals surface area (Å²) in [6.45, 7) is 2.11. The Labute approximate surface area is 104 Å². The van der Waals surface area contributed by atoms with Crippen LogP contribution in [-0.4, -0.2) is 17.1 Å². The third-order valence-corrected chi connectivity index (χ3v) is 2.48. The zero-order valence-corrected chi connectivity index (χ0v) is 10.00. The summed E-state index contributed by atoms with van der Waals surface area (Å²) in [5.74, 6) is -0.357. The highest BCUT2D eigenvalue weighted by molar-refractivity contribution is 5.89. The summed E-state index contributed by atoms with van der Waals surface area (Å²) in [7, 11) is 0. The standard InChI is InChI=1S/C14H13NO3/c1-2-18-14(17)11-6-8-12(9-7-11)15-10-4-3-5-13(15)16/h3-10H,2H2,1H3. The van der Waals surface area contributed by atoms with Crippen molar-refractivity contribution in [3.8, 4) is 5.69 Å². The smallest absolute Gasteiger partial charge is 0.338 e. The Morgan fingerprint density at radius 1 is 1.17 bits per heavy atom. The van der Waals surface area contributed by atoms with Gasteiger partial charge in [0.2, 0.25) is 0 Å². The number of carbonyl (C=O) groups excluding carboxylic acids is 1. The van der Waals surface area contributed by atoms with Crippen molar-refractivity contribution in [3.05, 3.63) is 64.6 Å². The van der Waals surface area contributed by atoms with Gasteiger partial charge in [-0.1, -0.05) is 6.07 Å². The van der Waals surface area contributed by atoms with Crippen LogP contribution in [0, 0.1) is 0 Å². The van der Waals surface area contributed by atoms with Crippen LogP contribution in [0.1, 0.15) is 17.3 Å². The number of benzene rings is 1. The number of ether oxygens (including phenoxy) is 1. The van der Waals surface area contributed by atoms with Crippen LogP contribution in [0.2, 0.25) is 0 Å². The molecule has 92 valence electrons. The first-order chi connectivity index (χ1) is 8.72. The van der Waals surface area contributed by atoms with Gasteiger partial charge in [-0.15, -0.1) is 0 Å². The summed E-state index contributed by atoms with van der Waals surface area (Å²) >= 11 is 0. The Hall–Kier alpha value is -2.36. The highest BCUT2D eigenvalue weighted by Crippen LogP contribution is 2.08. The second-order valence-corrected chi connectivity index (χ2v) is 3.68. The minimum Gasteiger partial charge on any atom is -0.462 e. The van der Waals surface area contributed by atoms with E-state index in [1.54, 1.807) is 49.5 Å². The van der Waals surface area contributed by atoms with Crippen LogP contribution in [0.5, 0.6) is 0 Å². The van der Waals surface area contributed by atoms with Crippen molar-refractivity contribution in [2.75, 3.05) is 6.61 Å². The molecule has 1 aromatic heterocycles. The molecule has 0 aliphatic rings. The van der Waals surface area contributed by atoms with Gasteiger partial charge in [-0.25, -0.2) is 4.79 Å². The van der Waals surface area contributed by atoms with Crippen LogP contribution in [-0.2, 0) is 4.74 Å². The largest absolute Gasteiger partial charge is 0.462 e. The number of aromatic nitrogens is 1. The van der Waals surface area contributed by atoms with Crippen LogP contribution in [0.4, 0.5) is 0 Å². The van der Waals surface area contributed by atoms with Gasteiger partial charge in [0.05, 0.1) is 12.2 Å². The summed E-state index contributed by atoms with van der Waals surface area (Å²) in [6, 6.07) is 11.7. The van der Waals surface area contributed by atoms with E-state index in [1.807, 2.05) is 0 Å². The van der Waals surface area contributed by atoms with E-state index in [2.05, 4.69) is 0 Å². The van der Waals surface area contributed by atoms with E-state index < -0.39 is 0 Å². The van der Waals surface area contributed by atoms with Crippen LogP contribution in [0.15, 0.2) is 53.5 Å². The molecule has 2 rings (SSSR count). The van der Waals surface area contributed by atoms with Gasteiger partial charge < -0.3 is 4.74 Å². The molecule has 4 heteroatoms. The molecule has 0 radical (unpaired) electrons. The quantitative estimate of drug-likeness (QED) is 0.775. The molecule has 0 atom stereocenters. The lowest BCUT2D eigenvalue weighted by Gasteiger charge is -2.06. The number of hydrogen-bond donors (Lipinski definition) is 0. The van der Waals surface area contributed by atoms with Crippen molar-refractivity contribution in [1.82, 2.24) is 4.57 Å². The predicted octanol–water partition coefficient (Wildman–Crippen LogP) is 2.01. The fourth-order valence-electron chi connectivity index (χ4n) is 1.61. The molecule has 18 heavy (non-hydrogen) atoms. The highest BCUT2D eigenvalue weighted by atomic mass is 16.5. The first-order valence-corrected chi connectivity index (χ1v) is 5.67. The lowest BCUT2D eigenvalue weighted by molar-refractivity contribution is 0.0526. The fraction of sp³-hybridized carbons (Fsp3) is 0.143. The Balaban J connectivity index is 2.31. The summed E-state index contributed by atoms with van der Waals surface area (Å²) in [4.78, 5) is 23.1. The molecular formula is C14H13NO3. The van der Waals surface area contributed by atoms with Crippen LogP contribution in [0.25, 0.3) is 5.69 Å². The first kappa shape index (κ1) is 12.1. The van der Waals surface area contributed by atoms with E-state index in [9.17, 15) is 9.59 Å². The topological polar surface area (TPSA) is 48.3 Å². The summed E-state index contributed by atoms with van der Waals surface area (Å²) in [5, 5.41) is 0. The number of carbonyl (C=O) groups is 1. The van der Waals surface area contributed by atoms with Crippen molar-refractivity contribution in [2.24, 2.45) is 0 Å². The number of hydrogen-bond acceptors (Lipinski definition) is 3. The molecule has 1 aromatic carbocycles. The maximum absolute atomic E-state index is 11.6. The Morgan fingerprint density at radius 3 is 2.50 bits per heavy atom. The molecule has 0 saturated heterocycles. The molecule has 0 aliphatic heterocycles. The minimum absolute atomic E-state index is 0.110. The molecule has 0 bridgehead atoms. The second-order valence-electron chi connectivity index (χ2n) is 3.68. The van der Waals surface area contributed by atoms with Gasteiger partial charge in [0.25, 0.3) is 5.56 Å². The molecule has 0 N–H and O–H groups in total. The third-order valence-electron chi connectivity index (χ3n) is 2.48. The van der Waals surface area contributed by atoms with E-state index in [4.69, 9.17) is 4.74 Å².